The zero-order chi connectivity index (χ0) is 17.0. The normalized spacial score (nSPS) is 31.2. The molecule has 23 heavy (non-hydrogen) atoms. The first-order valence-electron chi connectivity index (χ1n) is 6.90. The molecule has 0 aromatic heterocycles. The predicted molar refractivity (Wildman–Crippen MR) is 77.0 cm³/mol. The van der Waals surface area contributed by atoms with Crippen molar-refractivity contribution in [2.24, 2.45) is 0 Å². The van der Waals surface area contributed by atoms with Gasteiger partial charge in [0.15, 0.2) is 12.4 Å². The summed E-state index contributed by atoms with van der Waals surface area (Å²) >= 11 is 0. The van der Waals surface area contributed by atoms with Crippen molar-refractivity contribution in [3.8, 4) is 5.75 Å². The van der Waals surface area contributed by atoms with E-state index in [0.717, 1.165) is 6.08 Å². The van der Waals surface area contributed by atoms with E-state index < -0.39 is 43.3 Å². The van der Waals surface area contributed by atoms with E-state index in [1.165, 1.54) is 18.2 Å². The van der Waals surface area contributed by atoms with E-state index in [9.17, 15) is 20.1 Å². The Morgan fingerprint density at radius 3 is 2.43 bits per heavy atom. The zero-order valence-electron chi connectivity index (χ0n) is 12.0. The molecule has 0 saturated carbocycles. The number of phenols is 1. The number of hydrogen-bond donors (Lipinski definition) is 5. The third-order valence-electron chi connectivity index (χ3n) is 3.40. The van der Waals surface area contributed by atoms with E-state index in [-0.39, 0.29) is 5.75 Å². The van der Waals surface area contributed by atoms with Crippen molar-refractivity contribution in [3.63, 3.8) is 0 Å². The summed E-state index contributed by atoms with van der Waals surface area (Å²) in [5.41, 5.74) is 0.626. The summed E-state index contributed by atoms with van der Waals surface area (Å²) in [5, 5.41) is 47.3. The summed E-state index contributed by atoms with van der Waals surface area (Å²) in [4.78, 5) is 11.7. The van der Waals surface area contributed by atoms with Crippen LogP contribution >= 0.6 is 0 Å². The number of esters is 1. The average molecular weight is 326 g/mol. The van der Waals surface area contributed by atoms with E-state index in [2.05, 4.69) is 0 Å². The van der Waals surface area contributed by atoms with Gasteiger partial charge in [0.25, 0.3) is 0 Å². The van der Waals surface area contributed by atoms with Crippen LogP contribution in [0.2, 0.25) is 0 Å². The number of ether oxygens (including phenoxy) is 2. The largest absolute Gasteiger partial charge is 0.508 e. The Balaban J connectivity index is 1.97. The Morgan fingerprint density at radius 2 is 1.83 bits per heavy atom. The van der Waals surface area contributed by atoms with Crippen LogP contribution in [0.3, 0.4) is 0 Å². The third-order valence-corrected chi connectivity index (χ3v) is 3.40. The van der Waals surface area contributed by atoms with Crippen LogP contribution in [-0.2, 0) is 14.3 Å². The maximum Gasteiger partial charge on any atom is 0.331 e. The summed E-state index contributed by atoms with van der Waals surface area (Å²) in [5.74, 6) is -0.776. The molecule has 1 aromatic carbocycles. The fourth-order valence-electron chi connectivity index (χ4n) is 2.12. The fraction of sp³-hybridized carbons (Fsp3) is 0.400. The molecule has 0 amide bonds. The van der Waals surface area contributed by atoms with Crippen LogP contribution < -0.4 is 0 Å². The highest BCUT2D eigenvalue weighted by Gasteiger charge is 2.45. The Bertz CT molecular complexity index is 555. The van der Waals surface area contributed by atoms with Gasteiger partial charge in [0.2, 0.25) is 0 Å². The second-order valence-electron chi connectivity index (χ2n) is 5.06. The lowest BCUT2D eigenvalue weighted by molar-refractivity contribution is -0.289. The number of aliphatic hydroxyl groups excluding tert-OH is 4. The third kappa shape index (κ3) is 4.27. The van der Waals surface area contributed by atoms with Gasteiger partial charge in [-0.25, -0.2) is 4.79 Å². The summed E-state index contributed by atoms with van der Waals surface area (Å²) < 4.78 is 9.76. The van der Waals surface area contributed by atoms with E-state index >= 15 is 0 Å². The molecule has 2 rings (SSSR count). The van der Waals surface area contributed by atoms with E-state index in [4.69, 9.17) is 19.7 Å². The SMILES string of the molecule is O=C(/C=C/c1ccc(O)cc1)OC1C(O)[C@H](O)[C@@H](CO)O[C@H]1O. The number of rotatable bonds is 4. The zero-order valence-corrected chi connectivity index (χ0v) is 12.0. The first-order valence-corrected chi connectivity index (χ1v) is 6.90. The van der Waals surface area contributed by atoms with E-state index in [1.54, 1.807) is 12.1 Å². The van der Waals surface area contributed by atoms with Crippen LogP contribution in [0.4, 0.5) is 0 Å². The van der Waals surface area contributed by atoms with Crippen molar-refractivity contribution in [1.29, 1.82) is 0 Å². The molecule has 1 aliphatic heterocycles. The second-order valence-corrected chi connectivity index (χ2v) is 5.06. The number of carbonyl (C=O) groups is 1. The summed E-state index contributed by atoms with van der Waals surface area (Å²) in [6.07, 6.45) is -4.93. The first kappa shape index (κ1) is 17.4. The van der Waals surface area contributed by atoms with Crippen LogP contribution in [0.5, 0.6) is 5.75 Å². The summed E-state index contributed by atoms with van der Waals surface area (Å²) in [7, 11) is 0. The molecule has 0 radical (unpaired) electrons. The van der Waals surface area contributed by atoms with Crippen molar-refractivity contribution in [3.05, 3.63) is 35.9 Å². The Morgan fingerprint density at radius 1 is 1.17 bits per heavy atom. The van der Waals surface area contributed by atoms with Gasteiger partial charge in [-0.1, -0.05) is 12.1 Å². The van der Waals surface area contributed by atoms with Gasteiger partial charge >= 0.3 is 5.97 Å². The fourth-order valence-corrected chi connectivity index (χ4v) is 2.12. The number of hydrogen-bond acceptors (Lipinski definition) is 8. The van der Waals surface area contributed by atoms with Crippen LogP contribution in [0.15, 0.2) is 30.3 Å². The molecule has 5 N–H and O–H groups in total. The molecule has 0 aliphatic carbocycles. The van der Waals surface area contributed by atoms with Gasteiger partial charge in [-0.15, -0.1) is 0 Å². The number of carbonyl (C=O) groups excluding carboxylic acids is 1. The van der Waals surface area contributed by atoms with Crippen molar-refractivity contribution >= 4 is 12.0 Å². The smallest absolute Gasteiger partial charge is 0.331 e. The van der Waals surface area contributed by atoms with Crippen LogP contribution in [0.1, 0.15) is 5.56 Å². The molecule has 1 aliphatic rings. The highest BCUT2D eigenvalue weighted by molar-refractivity contribution is 5.87. The molecule has 0 spiro atoms. The van der Waals surface area contributed by atoms with Gasteiger partial charge in [0, 0.05) is 6.08 Å². The average Bonchev–Trinajstić information content (AvgIpc) is 2.54. The lowest BCUT2D eigenvalue weighted by Crippen LogP contribution is -2.59. The molecular weight excluding hydrogens is 308 g/mol. The van der Waals surface area contributed by atoms with Gasteiger partial charge in [-0.3, -0.25) is 0 Å². The molecule has 8 nitrogen and oxygen atoms in total. The molecule has 8 heteroatoms. The van der Waals surface area contributed by atoms with E-state index in [1.807, 2.05) is 0 Å². The first-order chi connectivity index (χ1) is 10.9. The highest BCUT2D eigenvalue weighted by atomic mass is 16.7. The van der Waals surface area contributed by atoms with Gasteiger partial charge < -0.3 is 35.0 Å². The minimum atomic E-state index is -1.67. The minimum Gasteiger partial charge on any atom is -0.508 e. The van der Waals surface area contributed by atoms with Gasteiger partial charge in [0.05, 0.1) is 6.61 Å². The summed E-state index contributed by atoms with van der Waals surface area (Å²) in [6, 6.07) is 6.03. The maximum absolute atomic E-state index is 11.7. The minimum absolute atomic E-state index is 0.0859. The van der Waals surface area contributed by atoms with Crippen molar-refractivity contribution in [1.82, 2.24) is 0 Å². The Labute approximate surface area is 131 Å². The van der Waals surface area contributed by atoms with Gasteiger partial charge in [-0.05, 0) is 23.8 Å². The van der Waals surface area contributed by atoms with Crippen molar-refractivity contribution in [2.75, 3.05) is 6.61 Å². The number of benzene rings is 1. The van der Waals surface area contributed by atoms with Gasteiger partial charge in [-0.2, -0.15) is 0 Å². The molecule has 2 unspecified atom stereocenters. The van der Waals surface area contributed by atoms with Gasteiger partial charge in [0.1, 0.15) is 24.1 Å². The van der Waals surface area contributed by atoms with E-state index in [0.29, 0.717) is 5.56 Å². The standard InChI is InChI=1S/C15H18O8/c16-7-10-12(19)13(20)14(15(21)22-10)23-11(18)6-3-8-1-4-9(17)5-2-8/h1-6,10,12-17,19-21H,7H2/b6-3+/t10-,12-,13?,14?,15-/m1/s1. The molecular formula is C15H18O8. The molecule has 1 fully saturated rings. The molecule has 5 atom stereocenters. The lowest BCUT2D eigenvalue weighted by Gasteiger charge is -2.39. The molecule has 1 heterocycles. The molecule has 1 aromatic rings. The summed E-state index contributed by atoms with van der Waals surface area (Å²) in [6.45, 7) is -0.600. The number of aliphatic hydroxyl groups is 4. The Kier molecular flexibility index (Phi) is 5.69. The highest BCUT2D eigenvalue weighted by Crippen LogP contribution is 2.22. The number of aromatic hydroxyl groups is 1. The Hall–Kier alpha value is -1.97. The topological polar surface area (TPSA) is 137 Å². The molecule has 0 bridgehead atoms. The molecule has 1 saturated heterocycles. The predicted octanol–water partition coefficient (Wildman–Crippen LogP) is -1.25. The maximum atomic E-state index is 11.7. The van der Waals surface area contributed by atoms with Crippen LogP contribution in [0, 0.1) is 0 Å². The molecule has 126 valence electrons. The monoisotopic (exact) mass is 326 g/mol. The van der Waals surface area contributed by atoms with Crippen LogP contribution in [0.25, 0.3) is 6.08 Å². The van der Waals surface area contributed by atoms with Crippen molar-refractivity contribution < 1.29 is 39.8 Å². The quantitative estimate of drug-likeness (QED) is 0.342. The van der Waals surface area contributed by atoms with Crippen LogP contribution in [-0.4, -0.2) is 68.8 Å². The second kappa shape index (κ2) is 7.53. The number of phenolic OH excluding ortho intramolecular Hbond substituents is 1. The van der Waals surface area contributed by atoms with Crippen molar-refractivity contribution in [2.45, 2.75) is 30.7 Å². The lowest BCUT2D eigenvalue weighted by atomic mass is 9.99.